The third-order valence-corrected chi connectivity index (χ3v) is 5.75. The smallest absolute Gasteiger partial charge is 0.0925 e. The Morgan fingerprint density at radius 3 is 2.91 bits per heavy atom. The number of allylic oxidation sites excluding steroid dienone is 7. The molecule has 0 aliphatic heterocycles. The highest BCUT2D eigenvalue weighted by molar-refractivity contribution is 5.20. The second kappa shape index (κ2) is 7.35. The van der Waals surface area contributed by atoms with Crippen LogP contribution >= 0.6 is 0 Å². The number of fused-ring (bicyclic) bond motifs is 1. The molecule has 0 spiro atoms. The summed E-state index contributed by atoms with van der Waals surface area (Å²) in [5.41, 5.74) is 2.95. The van der Waals surface area contributed by atoms with Gasteiger partial charge in [-0.1, -0.05) is 36.0 Å². The van der Waals surface area contributed by atoms with E-state index in [2.05, 4.69) is 24.8 Å². The fourth-order valence-electron chi connectivity index (χ4n) is 4.55. The maximum Gasteiger partial charge on any atom is 0.0925 e. The summed E-state index contributed by atoms with van der Waals surface area (Å²) >= 11 is 0. The van der Waals surface area contributed by atoms with Gasteiger partial charge in [-0.05, 0) is 81.6 Å². The number of hydrogen-bond acceptors (Lipinski definition) is 1. The standard InChI is InChI=1S/C21H30O/c1-16(5-4-6-17-9-11-21(22)12-10-17)13-18-14-19-7-2-3-8-20(19)15-18/h2,7,9,11,18-20,22H,1,3-6,8,10,12-15H2/t18?,19?,20-/m1/s1. The fourth-order valence-corrected chi connectivity index (χ4v) is 4.55. The molecule has 120 valence electrons. The van der Waals surface area contributed by atoms with Crippen LogP contribution in [0.25, 0.3) is 0 Å². The lowest BCUT2D eigenvalue weighted by molar-refractivity contribution is 0.384. The summed E-state index contributed by atoms with van der Waals surface area (Å²) in [6, 6.07) is 0. The Balaban J connectivity index is 1.36. The first-order valence-electron chi connectivity index (χ1n) is 9.11. The van der Waals surface area contributed by atoms with E-state index in [0.717, 1.165) is 30.6 Å². The number of hydrogen-bond donors (Lipinski definition) is 1. The van der Waals surface area contributed by atoms with Crippen molar-refractivity contribution in [2.75, 3.05) is 0 Å². The maximum absolute atomic E-state index is 9.39. The van der Waals surface area contributed by atoms with Gasteiger partial charge in [-0.3, -0.25) is 0 Å². The van der Waals surface area contributed by atoms with Gasteiger partial charge in [0.2, 0.25) is 0 Å². The maximum atomic E-state index is 9.39. The molecule has 0 radical (unpaired) electrons. The molecule has 2 unspecified atom stereocenters. The third-order valence-electron chi connectivity index (χ3n) is 5.75. The molecule has 1 nitrogen and oxygen atoms in total. The summed E-state index contributed by atoms with van der Waals surface area (Å²) in [6.45, 7) is 4.34. The lowest BCUT2D eigenvalue weighted by Crippen LogP contribution is -2.07. The zero-order valence-corrected chi connectivity index (χ0v) is 13.8. The molecular weight excluding hydrogens is 268 g/mol. The van der Waals surface area contributed by atoms with Crippen molar-refractivity contribution in [1.29, 1.82) is 0 Å². The lowest BCUT2D eigenvalue weighted by atomic mass is 9.87. The molecule has 22 heavy (non-hydrogen) atoms. The van der Waals surface area contributed by atoms with Gasteiger partial charge in [-0.2, -0.15) is 0 Å². The first kappa shape index (κ1) is 15.6. The highest BCUT2D eigenvalue weighted by atomic mass is 16.3. The van der Waals surface area contributed by atoms with Crippen LogP contribution in [0.1, 0.15) is 64.2 Å². The topological polar surface area (TPSA) is 20.2 Å². The Hall–Kier alpha value is -1.24. The van der Waals surface area contributed by atoms with Crippen LogP contribution in [0.15, 0.2) is 47.8 Å². The summed E-state index contributed by atoms with van der Waals surface area (Å²) in [5, 5.41) is 9.39. The first-order valence-corrected chi connectivity index (χ1v) is 9.11. The molecule has 1 fully saturated rings. The van der Waals surface area contributed by atoms with E-state index in [9.17, 15) is 5.11 Å². The van der Waals surface area contributed by atoms with E-state index in [4.69, 9.17) is 0 Å². The van der Waals surface area contributed by atoms with E-state index in [-0.39, 0.29) is 0 Å². The second-order valence-electron chi connectivity index (χ2n) is 7.56. The monoisotopic (exact) mass is 298 g/mol. The minimum absolute atomic E-state index is 0.532. The molecule has 3 aliphatic rings. The van der Waals surface area contributed by atoms with E-state index in [1.807, 2.05) is 6.08 Å². The van der Waals surface area contributed by atoms with Gasteiger partial charge in [0.25, 0.3) is 0 Å². The van der Waals surface area contributed by atoms with E-state index in [0.29, 0.717) is 5.76 Å². The van der Waals surface area contributed by atoms with Gasteiger partial charge in [0, 0.05) is 6.42 Å². The Morgan fingerprint density at radius 1 is 1.23 bits per heavy atom. The summed E-state index contributed by atoms with van der Waals surface area (Å²) in [5.74, 6) is 3.26. The molecule has 0 bridgehead atoms. The number of rotatable bonds is 6. The highest BCUT2D eigenvalue weighted by Gasteiger charge is 2.33. The van der Waals surface area contributed by atoms with Gasteiger partial charge < -0.3 is 5.11 Å². The minimum Gasteiger partial charge on any atom is -0.512 e. The molecule has 0 aromatic rings. The van der Waals surface area contributed by atoms with Crippen molar-refractivity contribution in [3.05, 3.63) is 47.8 Å². The van der Waals surface area contributed by atoms with Crippen molar-refractivity contribution < 1.29 is 5.11 Å². The minimum atomic E-state index is 0.532. The van der Waals surface area contributed by atoms with E-state index in [1.165, 1.54) is 62.5 Å². The van der Waals surface area contributed by atoms with E-state index >= 15 is 0 Å². The van der Waals surface area contributed by atoms with E-state index < -0.39 is 0 Å². The Labute approximate surface area is 135 Å². The quantitative estimate of drug-likeness (QED) is 0.574. The summed E-state index contributed by atoms with van der Waals surface area (Å²) in [7, 11) is 0. The molecule has 3 rings (SSSR count). The average Bonchev–Trinajstić information content (AvgIpc) is 2.91. The zero-order valence-electron chi connectivity index (χ0n) is 13.8. The Kier molecular flexibility index (Phi) is 5.23. The summed E-state index contributed by atoms with van der Waals surface area (Å²) in [4.78, 5) is 0. The van der Waals surface area contributed by atoms with Crippen LogP contribution in [0.5, 0.6) is 0 Å². The summed E-state index contributed by atoms with van der Waals surface area (Å²) < 4.78 is 0. The normalized spacial score (nSPS) is 30.6. The van der Waals surface area contributed by atoms with Gasteiger partial charge in [-0.15, -0.1) is 0 Å². The highest BCUT2D eigenvalue weighted by Crippen LogP contribution is 2.44. The molecule has 0 saturated heterocycles. The zero-order chi connectivity index (χ0) is 15.4. The largest absolute Gasteiger partial charge is 0.512 e. The number of aliphatic hydroxyl groups excluding tert-OH is 1. The fraction of sp³-hybridized carbons (Fsp3) is 0.619. The molecule has 1 saturated carbocycles. The number of aliphatic hydroxyl groups is 1. The van der Waals surface area contributed by atoms with Gasteiger partial charge in [0.15, 0.2) is 0 Å². The van der Waals surface area contributed by atoms with Gasteiger partial charge >= 0.3 is 0 Å². The predicted molar refractivity (Wildman–Crippen MR) is 93.7 cm³/mol. The van der Waals surface area contributed by atoms with Crippen LogP contribution in [-0.4, -0.2) is 5.11 Å². The third kappa shape index (κ3) is 4.15. The molecule has 3 atom stereocenters. The average molecular weight is 298 g/mol. The molecule has 1 heteroatoms. The lowest BCUT2D eigenvalue weighted by Gasteiger charge is -2.18. The molecule has 0 aromatic carbocycles. The predicted octanol–water partition coefficient (Wildman–Crippen LogP) is 6.26. The summed E-state index contributed by atoms with van der Waals surface area (Å²) in [6.07, 6.45) is 21.1. The van der Waals surface area contributed by atoms with Gasteiger partial charge in [0.1, 0.15) is 0 Å². The molecule has 0 amide bonds. The van der Waals surface area contributed by atoms with Crippen LogP contribution < -0.4 is 0 Å². The van der Waals surface area contributed by atoms with Crippen molar-refractivity contribution >= 4 is 0 Å². The SMILES string of the molecule is C=C(CCCC1=CC=C(O)CC1)CC1CC2C=CCC[C@@H]2C1. The van der Waals surface area contributed by atoms with Crippen LogP contribution in [0.4, 0.5) is 0 Å². The molecule has 0 aromatic heterocycles. The van der Waals surface area contributed by atoms with Gasteiger partial charge in [-0.25, -0.2) is 0 Å². The van der Waals surface area contributed by atoms with Gasteiger partial charge in [0.05, 0.1) is 5.76 Å². The van der Waals surface area contributed by atoms with Crippen molar-refractivity contribution in [3.8, 4) is 0 Å². The van der Waals surface area contributed by atoms with Crippen LogP contribution in [0.3, 0.4) is 0 Å². The van der Waals surface area contributed by atoms with Crippen LogP contribution in [-0.2, 0) is 0 Å². The molecule has 0 heterocycles. The molecule has 3 aliphatic carbocycles. The van der Waals surface area contributed by atoms with Crippen molar-refractivity contribution in [2.45, 2.75) is 64.2 Å². The van der Waals surface area contributed by atoms with Crippen LogP contribution in [0, 0.1) is 17.8 Å². The van der Waals surface area contributed by atoms with Crippen molar-refractivity contribution in [1.82, 2.24) is 0 Å². The van der Waals surface area contributed by atoms with Crippen LogP contribution in [0.2, 0.25) is 0 Å². The molecule has 1 N–H and O–H groups in total. The second-order valence-corrected chi connectivity index (χ2v) is 7.56. The van der Waals surface area contributed by atoms with E-state index in [1.54, 1.807) is 0 Å². The first-order chi connectivity index (χ1) is 10.7. The Bertz CT molecular complexity index is 494. The van der Waals surface area contributed by atoms with Crippen molar-refractivity contribution in [3.63, 3.8) is 0 Å². The molecular formula is C21H30O. The Morgan fingerprint density at radius 2 is 2.14 bits per heavy atom. The van der Waals surface area contributed by atoms with Crippen molar-refractivity contribution in [2.24, 2.45) is 17.8 Å².